The molecule has 0 aliphatic rings. The summed E-state index contributed by atoms with van der Waals surface area (Å²) in [6.45, 7) is 7.58. The van der Waals surface area contributed by atoms with Crippen molar-refractivity contribution in [1.29, 1.82) is 0 Å². The zero-order valence-corrected chi connectivity index (χ0v) is 18.0. The third kappa shape index (κ3) is 5.18. The second-order valence-electron chi connectivity index (χ2n) is 7.20. The van der Waals surface area contributed by atoms with Gasteiger partial charge in [-0.2, -0.15) is 5.10 Å². The van der Waals surface area contributed by atoms with Crippen LogP contribution in [0.4, 0.5) is 0 Å². The Kier molecular flexibility index (Phi) is 6.60. The Morgan fingerprint density at radius 1 is 1.21 bits per heavy atom. The average Bonchev–Trinajstić information content (AvgIpc) is 3.06. The maximum Gasteiger partial charge on any atom is 0.253 e. The molecule has 5 nitrogen and oxygen atoms in total. The number of aryl methyl sites for hydroxylation is 3. The maximum absolute atomic E-state index is 12.9. The molecule has 0 bridgehead atoms. The number of hydrogen-bond donors (Lipinski definition) is 0. The van der Waals surface area contributed by atoms with Gasteiger partial charge in [-0.05, 0) is 50.1 Å². The quantitative estimate of drug-likeness (QED) is 0.548. The van der Waals surface area contributed by atoms with Crippen molar-refractivity contribution in [3.8, 4) is 5.75 Å². The van der Waals surface area contributed by atoms with Crippen LogP contribution < -0.4 is 4.74 Å². The van der Waals surface area contributed by atoms with Crippen LogP contribution in [-0.4, -0.2) is 27.6 Å². The SMILES string of the molecule is CCn1cc(Cl)c(CN(C)C(=O)c2cccc(COc3ccc(C)cc3C)c2)n1. The van der Waals surface area contributed by atoms with E-state index in [-0.39, 0.29) is 5.91 Å². The monoisotopic (exact) mass is 411 g/mol. The standard InChI is InChI=1S/C23H26ClN3O2/c1-5-27-13-20(24)21(25-27)14-26(4)23(28)19-8-6-7-18(12-19)15-29-22-10-9-16(2)11-17(22)3/h6-13H,5,14-15H2,1-4H3. The second kappa shape index (κ2) is 9.14. The van der Waals surface area contributed by atoms with Crippen molar-refractivity contribution < 1.29 is 9.53 Å². The van der Waals surface area contributed by atoms with Crippen LogP contribution in [0.2, 0.25) is 5.02 Å². The molecule has 0 fully saturated rings. The average molecular weight is 412 g/mol. The molecule has 0 unspecified atom stereocenters. The van der Waals surface area contributed by atoms with Crippen molar-refractivity contribution in [1.82, 2.24) is 14.7 Å². The van der Waals surface area contributed by atoms with Gasteiger partial charge in [0.15, 0.2) is 0 Å². The largest absolute Gasteiger partial charge is 0.489 e. The highest BCUT2D eigenvalue weighted by Crippen LogP contribution is 2.21. The smallest absolute Gasteiger partial charge is 0.253 e. The number of carbonyl (C=O) groups excluding carboxylic acids is 1. The lowest BCUT2D eigenvalue weighted by molar-refractivity contribution is 0.0783. The molecule has 0 spiro atoms. The van der Waals surface area contributed by atoms with Crippen molar-refractivity contribution in [2.24, 2.45) is 0 Å². The summed E-state index contributed by atoms with van der Waals surface area (Å²) in [6.07, 6.45) is 1.78. The fraction of sp³-hybridized carbons (Fsp3) is 0.304. The van der Waals surface area contributed by atoms with E-state index >= 15 is 0 Å². The lowest BCUT2D eigenvalue weighted by Crippen LogP contribution is -2.26. The van der Waals surface area contributed by atoms with E-state index in [1.54, 1.807) is 22.8 Å². The molecule has 0 aliphatic heterocycles. The molecular weight excluding hydrogens is 386 g/mol. The van der Waals surface area contributed by atoms with E-state index in [1.807, 2.05) is 50.2 Å². The molecule has 0 N–H and O–H groups in total. The molecule has 1 amide bonds. The number of nitrogens with zero attached hydrogens (tertiary/aromatic N) is 3. The predicted octanol–water partition coefficient (Wildman–Crippen LogP) is 5.02. The first-order valence-corrected chi connectivity index (χ1v) is 10.0. The summed E-state index contributed by atoms with van der Waals surface area (Å²) in [7, 11) is 1.75. The van der Waals surface area contributed by atoms with Gasteiger partial charge in [-0.1, -0.05) is 41.4 Å². The van der Waals surface area contributed by atoms with Gasteiger partial charge in [0.25, 0.3) is 5.91 Å². The zero-order chi connectivity index (χ0) is 21.0. The summed E-state index contributed by atoms with van der Waals surface area (Å²) in [5.41, 5.74) is 4.55. The van der Waals surface area contributed by atoms with Crippen molar-refractivity contribution in [2.75, 3.05) is 7.05 Å². The Morgan fingerprint density at radius 3 is 2.69 bits per heavy atom. The first kappa shape index (κ1) is 20.9. The molecule has 152 valence electrons. The summed E-state index contributed by atoms with van der Waals surface area (Å²) in [4.78, 5) is 14.5. The van der Waals surface area contributed by atoms with Crippen molar-refractivity contribution in [3.63, 3.8) is 0 Å². The molecule has 0 saturated heterocycles. The minimum Gasteiger partial charge on any atom is -0.489 e. The van der Waals surface area contributed by atoms with Crippen LogP contribution in [-0.2, 0) is 19.7 Å². The van der Waals surface area contributed by atoms with Gasteiger partial charge in [0, 0.05) is 25.4 Å². The highest BCUT2D eigenvalue weighted by Gasteiger charge is 2.16. The van der Waals surface area contributed by atoms with Gasteiger partial charge in [-0.3, -0.25) is 9.48 Å². The normalized spacial score (nSPS) is 10.8. The van der Waals surface area contributed by atoms with Gasteiger partial charge in [-0.15, -0.1) is 0 Å². The van der Waals surface area contributed by atoms with E-state index in [0.717, 1.165) is 23.4 Å². The fourth-order valence-electron chi connectivity index (χ4n) is 3.14. The molecule has 6 heteroatoms. The molecule has 0 radical (unpaired) electrons. The molecule has 1 heterocycles. The molecule has 29 heavy (non-hydrogen) atoms. The topological polar surface area (TPSA) is 47.4 Å². The van der Waals surface area contributed by atoms with E-state index < -0.39 is 0 Å². The van der Waals surface area contributed by atoms with Crippen LogP contribution in [0.15, 0.2) is 48.7 Å². The zero-order valence-electron chi connectivity index (χ0n) is 17.3. The maximum atomic E-state index is 12.9. The summed E-state index contributed by atoms with van der Waals surface area (Å²) in [5, 5.41) is 4.98. The third-order valence-electron chi connectivity index (χ3n) is 4.74. The number of benzene rings is 2. The van der Waals surface area contributed by atoms with Crippen LogP contribution in [0.5, 0.6) is 5.75 Å². The number of halogens is 1. The van der Waals surface area contributed by atoms with Crippen LogP contribution >= 0.6 is 11.6 Å². The molecule has 1 aromatic heterocycles. The van der Waals surface area contributed by atoms with Crippen molar-refractivity contribution in [2.45, 2.75) is 40.5 Å². The van der Waals surface area contributed by atoms with Crippen molar-refractivity contribution >= 4 is 17.5 Å². The van der Waals surface area contributed by atoms with Crippen LogP contribution in [0.25, 0.3) is 0 Å². The molecule has 0 saturated carbocycles. The molecule has 0 atom stereocenters. The van der Waals surface area contributed by atoms with E-state index in [9.17, 15) is 4.79 Å². The Labute approximate surface area is 176 Å². The van der Waals surface area contributed by atoms with Gasteiger partial charge in [0.05, 0.1) is 11.6 Å². The number of hydrogen-bond acceptors (Lipinski definition) is 3. The molecule has 2 aromatic carbocycles. The highest BCUT2D eigenvalue weighted by molar-refractivity contribution is 6.31. The Bertz CT molecular complexity index is 1010. The number of carbonyl (C=O) groups is 1. The highest BCUT2D eigenvalue weighted by atomic mass is 35.5. The minimum absolute atomic E-state index is 0.0829. The molecule has 3 rings (SSSR count). The Balaban J connectivity index is 1.67. The van der Waals surface area contributed by atoms with Crippen LogP contribution in [0.3, 0.4) is 0 Å². The Morgan fingerprint density at radius 2 is 2.00 bits per heavy atom. The minimum atomic E-state index is -0.0829. The van der Waals surface area contributed by atoms with Gasteiger partial charge in [-0.25, -0.2) is 0 Å². The van der Waals surface area contributed by atoms with Crippen LogP contribution in [0, 0.1) is 13.8 Å². The van der Waals surface area contributed by atoms with Gasteiger partial charge < -0.3 is 9.64 Å². The van der Waals surface area contributed by atoms with Gasteiger partial charge in [0.2, 0.25) is 0 Å². The summed E-state index contributed by atoms with van der Waals surface area (Å²) in [5.74, 6) is 0.770. The Hall–Kier alpha value is -2.79. The molecule has 3 aromatic rings. The van der Waals surface area contributed by atoms with Crippen molar-refractivity contribution in [3.05, 3.63) is 81.6 Å². The molecule has 0 aliphatic carbocycles. The molecular formula is C23H26ClN3O2. The number of aromatic nitrogens is 2. The van der Waals surface area contributed by atoms with E-state index in [4.69, 9.17) is 16.3 Å². The van der Waals surface area contributed by atoms with Gasteiger partial charge in [0.1, 0.15) is 18.1 Å². The van der Waals surface area contributed by atoms with E-state index in [1.165, 1.54) is 5.56 Å². The predicted molar refractivity (Wildman–Crippen MR) is 115 cm³/mol. The van der Waals surface area contributed by atoms with Gasteiger partial charge >= 0.3 is 0 Å². The lowest BCUT2D eigenvalue weighted by atomic mass is 10.1. The number of ether oxygens (including phenoxy) is 1. The number of amides is 1. The first-order chi connectivity index (χ1) is 13.9. The van der Waals surface area contributed by atoms with E-state index in [2.05, 4.69) is 18.1 Å². The second-order valence-corrected chi connectivity index (χ2v) is 7.61. The summed E-state index contributed by atoms with van der Waals surface area (Å²) >= 11 is 6.23. The first-order valence-electron chi connectivity index (χ1n) is 9.63. The van der Waals surface area contributed by atoms with Crippen LogP contribution in [0.1, 0.15) is 39.7 Å². The summed E-state index contributed by atoms with van der Waals surface area (Å²) < 4.78 is 7.71. The third-order valence-corrected chi connectivity index (χ3v) is 5.06. The fourth-order valence-corrected chi connectivity index (χ4v) is 3.35. The summed E-state index contributed by atoms with van der Waals surface area (Å²) in [6, 6.07) is 13.6. The number of rotatable bonds is 7. The van der Waals surface area contributed by atoms with E-state index in [0.29, 0.717) is 29.4 Å². The lowest BCUT2D eigenvalue weighted by Gasteiger charge is -2.17.